The monoisotopic (exact) mass is 284 g/mol. The first-order valence-corrected chi connectivity index (χ1v) is 6.12. The highest BCUT2D eigenvalue weighted by atomic mass is 19.1. The summed E-state index contributed by atoms with van der Waals surface area (Å²) in [5.41, 5.74) is 0.909. The third kappa shape index (κ3) is 2.38. The lowest BCUT2D eigenvalue weighted by Gasteiger charge is -1.97. The van der Waals surface area contributed by atoms with E-state index in [1.807, 2.05) is 0 Å². The van der Waals surface area contributed by atoms with Gasteiger partial charge in [-0.15, -0.1) is 0 Å². The summed E-state index contributed by atoms with van der Waals surface area (Å²) in [6.45, 7) is 0. The van der Waals surface area contributed by atoms with Crippen LogP contribution in [-0.4, -0.2) is 10.1 Å². The van der Waals surface area contributed by atoms with Crippen molar-refractivity contribution in [3.05, 3.63) is 70.5 Å². The van der Waals surface area contributed by atoms with Crippen molar-refractivity contribution >= 4 is 5.69 Å². The van der Waals surface area contributed by atoms with Crippen LogP contribution in [0.4, 0.5) is 10.1 Å². The number of nitro groups is 1. The van der Waals surface area contributed by atoms with Gasteiger partial charge in [0.15, 0.2) is 5.69 Å². The molecule has 3 rings (SSSR count). The minimum Gasteiger partial charge on any atom is -0.348 e. The highest BCUT2D eigenvalue weighted by molar-refractivity contribution is 5.80. The lowest BCUT2D eigenvalue weighted by molar-refractivity contribution is -0.383. The molecule has 0 fully saturated rings. The lowest BCUT2D eigenvalue weighted by atomic mass is 10.1. The fourth-order valence-corrected chi connectivity index (χ4v) is 2.03. The fraction of sp³-hybridized carbons (Fsp3) is 0. The number of rotatable bonds is 3. The molecule has 21 heavy (non-hydrogen) atoms. The van der Waals surface area contributed by atoms with E-state index in [0.717, 1.165) is 0 Å². The molecule has 0 amide bonds. The molecule has 1 heterocycles. The second-order valence-electron chi connectivity index (χ2n) is 4.34. The van der Waals surface area contributed by atoms with Crippen LogP contribution in [0.2, 0.25) is 0 Å². The zero-order valence-electron chi connectivity index (χ0n) is 10.7. The number of hydrogen-bond acceptors (Lipinski definition) is 4. The Labute approximate surface area is 118 Å². The lowest BCUT2D eigenvalue weighted by Crippen LogP contribution is -1.91. The quantitative estimate of drug-likeness (QED) is 0.537. The summed E-state index contributed by atoms with van der Waals surface area (Å²) in [5, 5.41) is 15.1. The standard InChI is InChI=1S/C15H9FN2O3/c16-12-8-6-11(7-9-12)15-14(18(19)20)13(17-21-15)10-4-2-1-3-5-10/h1-9H. The van der Waals surface area contributed by atoms with Crippen LogP contribution in [0.5, 0.6) is 0 Å². The van der Waals surface area contributed by atoms with Crippen LogP contribution >= 0.6 is 0 Å². The van der Waals surface area contributed by atoms with E-state index < -0.39 is 10.7 Å². The molecule has 0 atom stereocenters. The Kier molecular flexibility index (Phi) is 3.19. The molecular weight excluding hydrogens is 275 g/mol. The van der Waals surface area contributed by atoms with E-state index in [1.54, 1.807) is 30.3 Å². The first kappa shape index (κ1) is 13.0. The van der Waals surface area contributed by atoms with Crippen molar-refractivity contribution in [2.45, 2.75) is 0 Å². The summed E-state index contributed by atoms with van der Waals surface area (Å²) in [5.74, 6) is -0.414. The van der Waals surface area contributed by atoms with Crippen LogP contribution in [0.3, 0.4) is 0 Å². The first-order valence-electron chi connectivity index (χ1n) is 6.12. The predicted molar refractivity (Wildman–Crippen MR) is 74.0 cm³/mol. The number of benzene rings is 2. The number of aromatic nitrogens is 1. The number of nitrogens with zero attached hydrogens (tertiary/aromatic N) is 2. The second kappa shape index (κ2) is 5.16. The molecule has 0 unspecified atom stereocenters. The first-order chi connectivity index (χ1) is 10.2. The van der Waals surface area contributed by atoms with Crippen LogP contribution in [0.1, 0.15) is 0 Å². The summed E-state index contributed by atoms with van der Waals surface area (Å²) in [6, 6.07) is 14.0. The predicted octanol–water partition coefficient (Wildman–Crippen LogP) is 4.06. The Balaban J connectivity index is 2.17. The summed E-state index contributed by atoms with van der Waals surface area (Å²) < 4.78 is 18.1. The Hall–Kier alpha value is -3.02. The average Bonchev–Trinajstić information content (AvgIpc) is 2.94. The maximum Gasteiger partial charge on any atom is 0.344 e. The Bertz CT molecular complexity index is 782. The zero-order chi connectivity index (χ0) is 14.8. The van der Waals surface area contributed by atoms with Crippen molar-refractivity contribution in [3.8, 4) is 22.6 Å². The molecule has 0 spiro atoms. The molecule has 0 aliphatic carbocycles. The molecule has 0 saturated carbocycles. The topological polar surface area (TPSA) is 69.2 Å². The zero-order valence-corrected chi connectivity index (χ0v) is 10.7. The van der Waals surface area contributed by atoms with E-state index >= 15 is 0 Å². The number of hydrogen-bond donors (Lipinski definition) is 0. The molecule has 2 aromatic carbocycles. The van der Waals surface area contributed by atoms with Gasteiger partial charge in [0.1, 0.15) is 5.82 Å². The van der Waals surface area contributed by atoms with Crippen molar-refractivity contribution in [2.24, 2.45) is 0 Å². The van der Waals surface area contributed by atoms with Gasteiger partial charge in [-0.3, -0.25) is 10.1 Å². The van der Waals surface area contributed by atoms with Crippen molar-refractivity contribution < 1.29 is 13.8 Å². The molecule has 0 bridgehead atoms. The van der Waals surface area contributed by atoms with Gasteiger partial charge in [0, 0.05) is 11.1 Å². The van der Waals surface area contributed by atoms with Gasteiger partial charge in [-0.05, 0) is 24.3 Å². The van der Waals surface area contributed by atoms with Gasteiger partial charge in [0.25, 0.3) is 0 Å². The van der Waals surface area contributed by atoms with Gasteiger partial charge in [0.2, 0.25) is 5.76 Å². The Morgan fingerprint density at radius 1 is 1.00 bits per heavy atom. The molecule has 0 aliphatic heterocycles. The van der Waals surface area contributed by atoms with E-state index in [-0.39, 0.29) is 17.1 Å². The van der Waals surface area contributed by atoms with E-state index in [1.165, 1.54) is 24.3 Å². The molecule has 1 aromatic heterocycles. The summed E-state index contributed by atoms with van der Waals surface area (Å²) in [7, 11) is 0. The maximum atomic E-state index is 13.0. The fourth-order valence-electron chi connectivity index (χ4n) is 2.03. The van der Waals surface area contributed by atoms with E-state index in [9.17, 15) is 14.5 Å². The van der Waals surface area contributed by atoms with Gasteiger partial charge in [-0.25, -0.2) is 4.39 Å². The third-order valence-electron chi connectivity index (χ3n) is 3.00. The van der Waals surface area contributed by atoms with Crippen LogP contribution in [0, 0.1) is 15.9 Å². The van der Waals surface area contributed by atoms with Crippen LogP contribution in [0.25, 0.3) is 22.6 Å². The van der Waals surface area contributed by atoms with Crippen molar-refractivity contribution in [2.75, 3.05) is 0 Å². The van der Waals surface area contributed by atoms with Gasteiger partial charge in [-0.1, -0.05) is 35.5 Å². The highest BCUT2D eigenvalue weighted by Gasteiger charge is 2.28. The van der Waals surface area contributed by atoms with Crippen molar-refractivity contribution in [1.29, 1.82) is 0 Å². The summed E-state index contributed by atoms with van der Waals surface area (Å²) in [6.07, 6.45) is 0. The van der Waals surface area contributed by atoms with Gasteiger partial charge in [0.05, 0.1) is 4.92 Å². The minimum atomic E-state index is -0.544. The van der Waals surface area contributed by atoms with Crippen LogP contribution < -0.4 is 0 Å². The highest BCUT2D eigenvalue weighted by Crippen LogP contribution is 2.38. The van der Waals surface area contributed by atoms with Gasteiger partial charge >= 0.3 is 5.69 Å². The van der Waals surface area contributed by atoms with Crippen molar-refractivity contribution in [1.82, 2.24) is 5.16 Å². The van der Waals surface area contributed by atoms with E-state index in [4.69, 9.17) is 4.52 Å². The Morgan fingerprint density at radius 3 is 2.29 bits per heavy atom. The molecule has 104 valence electrons. The molecule has 6 heteroatoms. The minimum absolute atomic E-state index is 0.0128. The smallest absolute Gasteiger partial charge is 0.344 e. The number of halogens is 1. The van der Waals surface area contributed by atoms with Crippen LogP contribution in [0.15, 0.2) is 59.1 Å². The molecular formula is C15H9FN2O3. The summed E-state index contributed by atoms with van der Waals surface area (Å²) >= 11 is 0. The maximum absolute atomic E-state index is 13.0. The average molecular weight is 284 g/mol. The largest absolute Gasteiger partial charge is 0.348 e. The second-order valence-corrected chi connectivity index (χ2v) is 4.34. The molecule has 3 aromatic rings. The molecule has 0 saturated heterocycles. The van der Waals surface area contributed by atoms with Gasteiger partial charge < -0.3 is 4.52 Å². The normalized spacial score (nSPS) is 10.5. The van der Waals surface area contributed by atoms with Gasteiger partial charge in [-0.2, -0.15) is 0 Å². The SMILES string of the molecule is O=[N+]([O-])c1c(-c2ccccc2)noc1-c1ccc(F)cc1. The summed E-state index contributed by atoms with van der Waals surface area (Å²) in [4.78, 5) is 10.8. The molecule has 0 N–H and O–H groups in total. The molecule has 5 nitrogen and oxygen atoms in total. The van der Waals surface area contributed by atoms with Crippen molar-refractivity contribution in [3.63, 3.8) is 0 Å². The van der Waals surface area contributed by atoms with E-state index in [2.05, 4.69) is 5.16 Å². The Morgan fingerprint density at radius 2 is 1.67 bits per heavy atom. The van der Waals surface area contributed by atoms with E-state index in [0.29, 0.717) is 11.1 Å². The third-order valence-corrected chi connectivity index (χ3v) is 3.00. The van der Waals surface area contributed by atoms with Crippen LogP contribution in [-0.2, 0) is 0 Å². The molecule has 0 radical (unpaired) electrons. The molecule has 0 aliphatic rings.